The van der Waals surface area contributed by atoms with Gasteiger partial charge in [-0.2, -0.15) is 10.2 Å². The number of benzene rings is 1. The Kier molecular flexibility index (Phi) is 5.31. The van der Waals surface area contributed by atoms with Gasteiger partial charge < -0.3 is 5.32 Å². The Balaban J connectivity index is 1.67. The molecule has 8 nitrogen and oxygen atoms in total. The first-order valence-electron chi connectivity index (χ1n) is 8.63. The molecule has 0 fully saturated rings. The Hall–Kier alpha value is -3.16. The third kappa shape index (κ3) is 3.90. The summed E-state index contributed by atoms with van der Waals surface area (Å²) in [6, 6.07) is 11.1. The van der Waals surface area contributed by atoms with Crippen molar-refractivity contribution in [3.05, 3.63) is 48.5 Å². The standard InChI is InChI=1S/C18H23N7O/c1-4-10-25-17(19-12-20-25)13(2)21-18(26)22-16-11-15(23-24(16)3)14-8-6-5-7-9-14/h5-9,11-13H,4,10H2,1-3H3,(H2,21,22,26). The van der Waals surface area contributed by atoms with Crippen LogP contribution in [0.15, 0.2) is 42.7 Å². The van der Waals surface area contributed by atoms with Crippen molar-refractivity contribution in [2.75, 3.05) is 5.32 Å². The van der Waals surface area contributed by atoms with E-state index < -0.39 is 0 Å². The zero-order chi connectivity index (χ0) is 18.5. The van der Waals surface area contributed by atoms with Gasteiger partial charge >= 0.3 is 6.03 Å². The second kappa shape index (κ2) is 7.81. The number of aryl methyl sites for hydroxylation is 2. The minimum atomic E-state index is -0.314. The van der Waals surface area contributed by atoms with E-state index in [2.05, 4.69) is 32.7 Å². The van der Waals surface area contributed by atoms with E-state index in [1.807, 2.05) is 48.0 Å². The molecule has 0 aliphatic rings. The van der Waals surface area contributed by atoms with Gasteiger partial charge in [0.15, 0.2) is 0 Å². The number of amides is 2. The predicted octanol–water partition coefficient (Wildman–Crippen LogP) is 2.97. The molecule has 8 heteroatoms. The van der Waals surface area contributed by atoms with Crippen molar-refractivity contribution in [2.45, 2.75) is 32.9 Å². The predicted molar refractivity (Wildman–Crippen MR) is 99.5 cm³/mol. The summed E-state index contributed by atoms with van der Waals surface area (Å²) in [7, 11) is 1.79. The van der Waals surface area contributed by atoms with Crippen LogP contribution >= 0.6 is 0 Å². The highest BCUT2D eigenvalue weighted by Gasteiger charge is 2.16. The summed E-state index contributed by atoms with van der Waals surface area (Å²) in [5, 5.41) is 14.4. The third-order valence-corrected chi connectivity index (χ3v) is 4.01. The third-order valence-electron chi connectivity index (χ3n) is 4.01. The fourth-order valence-electron chi connectivity index (χ4n) is 2.74. The lowest BCUT2D eigenvalue weighted by atomic mass is 10.2. The Bertz CT molecular complexity index is 869. The summed E-state index contributed by atoms with van der Waals surface area (Å²) < 4.78 is 3.45. The van der Waals surface area contributed by atoms with Gasteiger partial charge in [0.25, 0.3) is 0 Å². The van der Waals surface area contributed by atoms with Crippen LogP contribution in [0.4, 0.5) is 10.6 Å². The van der Waals surface area contributed by atoms with Crippen LogP contribution < -0.4 is 10.6 Å². The van der Waals surface area contributed by atoms with Gasteiger partial charge in [0, 0.05) is 25.2 Å². The zero-order valence-electron chi connectivity index (χ0n) is 15.2. The molecule has 0 saturated heterocycles. The molecule has 2 N–H and O–H groups in total. The van der Waals surface area contributed by atoms with Crippen LogP contribution in [0, 0.1) is 0 Å². The van der Waals surface area contributed by atoms with Crippen LogP contribution in [0.5, 0.6) is 0 Å². The number of aromatic nitrogens is 5. The number of hydrogen-bond donors (Lipinski definition) is 2. The Labute approximate surface area is 152 Å². The fourth-order valence-corrected chi connectivity index (χ4v) is 2.74. The van der Waals surface area contributed by atoms with Crippen molar-refractivity contribution in [3.8, 4) is 11.3 Å². The Morgan fingerprint density at radius 2 is 2.04 bits per heavy atom. The SMILES string of the molecule is CCCn1ncnc1C(C)NC(=O)Nc1cc(-c2ccccc2)nn1C. The van der Waals surface area contributed by atoms with Crippen molar-refractivity contribution in [1.82, 2.24) is 29.9 Å². The molecule has 0 spiro atoms. The molecule has 0 aliphatic heterocycles. The number of nitrogens with one attached hydrogen (secondary N) is 2. The summed E-state index contributed by atoms with van der Waals surface area (Å²) in [6.07, 6.45) is 2.46. The molecule has 0 bridgehead atoms. The van der Waals surface area contributed by atoms with Crippen LogP contribution in [0.2, 0.25) is 0 Å². The van der Waals surface area contributed by atoms with E-state index in [4.69, 9.17) is 0 Å². The highest BCUT2D eigenvalue weighted by Crippen LogP contribution is 2.21. The molecule has 1 aromatic carbocycles. The van der Waals surface area contributed by atoms with Gasteiger partial charge in [0.1, 0.15) is 18.0 Å². The molecule has 26 heavy (non-hydrogen) atoms. The second-order valence-electron chi connectivity index (χ2n) is 6.07. The topological polar surface area (TPSA) is 89.7 Å². The monoisotopic (exact) mass is 353 g/mol. The van der Waals surface area contributed by atoms with Gasteiger partial charge in [-0.3, -0.25) is 10.00 Å². The number of anilines is 1. The molecule has 2 amide bonds. The van der Waals surface area contributed by atoms with Crippen molar-refractivity contribution in [1.29, 1.82) is 0 Å². The largest absolute Gasteiger partial charge is 0.328 e. The van der Waals surface area contributed by atoms with Crippen molar-refractivity contribution in [2.24, 2.45) is 7.05 Å². The quantitative estimate of drug-likeness (QED) is 0.713. The van der Waals surface area contributed by atoms with Crippen LogP contribution in [-0.2, 0) is 13.6 Å². The molecular formula is C18H23N7O. The van der Waals surface area contributed by atoms with Crippen LogP contribution in [0.3, 0.4) is 0 Å². The van der Waals surface area contributed by atoms with Crippen LogP contribution in [0.1, 0.15) is 32.1 Å². The molecule has 0 radical (unpaired) electrons. The molecular weight excluding hydrogens is 330 g/mol. The lowest BCUT2D eigenvalue weighted by molar-refractivity contribution is 0.248. The molecule has 1 atom stereocenters. The van der Waals surface area contributed by atoms with Gasteiger partial charge in [-0.15, -0.1) is 0 Å². The summed E-state index contributed by atoms with van der Waals surface area (Å²) in [5.41, 5.74) is 1.80. The van der Waals surface area contributed by atoms with E-state index >= 15 is 0 Å². The first-order chi connectivity index (χ1) is 12.6. The van der Waals surface area contributed by atoms with Crippen molar-refractivity contribution in [3.63, 3.8) is 0 Å². The molecule has 3 aromatic rings. The number of nitrogens with zero attached hydrogens (tertiary/aromatic N) is 5. The number of rotatable bonds is 6. The average molecular weight is 353 g/mol. The Morgan fingerprint density at radius 1 is 1.27 bits per heavy atom. The van der Waals surface area contributed by atoms with E-state index in [1.165, 1.54) is 6.33 Å². The summed E-state index contributed by atoms with van der Waals surface area (Å²) >= 11 is 0. The molecule has 0 aliphatic carbocycles. The van der Waals surface area contributed by atoms with Crippen LogP contribution in [0.25, 0.3) is 11.3 Å². The van der Waals surface area contributed by atoms with E-state index in [-0.39, 0.29) is 12.1 Å². The number of urea groups is 1. The van der Waals surface area contributed by atoms with E-state index in [9.17, 15) is 4.79 Å². The molecule has 3 rings (SSSR count). The van der Waals surface area contributed by atoms with Gasteiger partial charge in [0.05, 0.1) is 11.7 Å². The highest BCUT2D eigenvalue weighted by atomic mass is 16.2. The highest BCUT2D eigenvalue weighted by molar-refractivity contribution is 5.89. The lowest BCUT2D eigenvalue weighted by Crippen LogP contribution is -2.33. The van der Waals surface area contributed by atoms with Crippen LogP contribution in [-0.4, -0.2) is 30.6 Å². The molecule has 2 heterocycles. The maximum absolute atomic E-state index is 12.4. The van der Waals surface area contributed by atoms with E-state index in [0.717, 1.165) is 30.0 Å². The van der Waals surface area contributed by atoms with Crippen molar-refractivity contribution < 1.29 is 4.79 Å². The average Bonchev–Trinajstić information content (AvgIpc) is 3.23. The second-order valence-corrected chi connectivity index (χ2v) is 6.07. The molecule has 0 saturated carbocycles. The van der Waals surface area contributed by atoms with Gasteiger partial charge in [0.2, 0.25) is 0 Å². The maximum Gasteiger partial charge on any atom is 0.320 e. The maximum atomic E-state index is 12.4. The summed E-state index contributed by atoms with van der Waals surface area (Å²) in [5.74, 6) is 1.35. The summed E-state index contributed by atoms with van der Waals surface area (Å²) in [4.78, 5) is 16.6. The smallest absolute Gasteiger partial charge is 0.320 e. The minimum Gasteiger partial charge on any atom is -0.328 e. The molecule has 136 valence electrons. The number of hydrogen-bond acceptors (Lipinski definition) is 4. The number of carbonyl (C=O) groups is 1. The van der Waals surface area contributed by atoms with Crippen molar-refractivity contribution >= 4 is 11.8 Å². The zero-order valence-corrected chi connectivity index (χ0v) is 15.2. The lowest BCUT2D eigenvalue weighted by Gasteiger charge is -2.15. The van der Waals surface area contributed by atoms with E-state index in [0.29, 0.717) is 5.82 Å². The minimum absolute atomic E-state index is 0.258. The first kappa shape index (κ1) is 17.7. The first-order valence-corrected chi connectivity index (χ1v) is 8.63. The summed E-state index contributed by atoms with van der Waals surface area (Å²) in [6.45, 7) is 4.72. The van der Waals surface area contributed by atoms with Gasteiger partial charge in [-0.1, -0.05) is 37.3 Å². The molecule has 2 aromatic heterocycles. The van der Waals surface area contributed by atoms with Gasteiger partial charge in [-0.25, -0.2) is 14.5 Å². The Morgan fingerprint density at radius 3 is 2.77 bits per heavy atom. The number of carbonyl (C=O) groups excluding carboxylic acids is 1. The normalized spacial score (nSPS) is 12.0. The molecule has 1 unspecified atom stereocenters. The van der Waals surface area contributed by atoms with E-state index in [1.54, 1.807) is 11.7 Å². The fraction of sp³-hybridized carbons (Fsp3) is 0.333. The van der Waals surface area contributed by atoms with Gasteiger partial charge in [-0.05, 0) is 13.3 Å².